The summed E-state index contributed by atoms with van der Waals surface area (Å²) in [6.45, 7) is 3.85. The van der Waals surface area contributed by atoms with Gasteiger partial charge in [-0.05, 0) is 30.7 Å². The van der Waals surface area contributed by atoms with Crippen LogP contribution >= 0.6 is 0 Å². The molecule has 0 bridgehead atoms. The van der Waals surface area contributed by atoms with Gasteiger partial charge in [0.1, 0.15) is 24.8 Å². The lowest BCUT2D eigenvalue weighted by molar-refractivity contribution is -0.143. The van der Waals surface area contributed by atoms with Crippen LogP contribution in [0.4, 0.5) is 0 Å². The maximum atomic E-state index is 11.1. The van der Waals surface area contributed by atoms with Gasteiger partial charge in [0.25, 0.3) is 0 Å². The molecule has 0 saturated heterocycles. The third-order valence-electron chi connectivity index (χ3n) is 3.16. The van der Waals surface area contributed by atoms with E-state index in [1.54, 1.807) is 25.4 Å². The Morgan fingerprint density at radius 1 is 1.30 bits per heavy atom. The maximum Gasteiger partial charge on any atom is 0.305 e. The van der Waals surface area contributed by atoms with Crippen molar-refractivity contribution >= 4 is 5.97 Å². The Bertz CT molecular complexity index is 724. The molecule has 0 spiro atoms. The van der Waals surface area contributed by atoms with Crippen LogP contribution in [0, 0.1) is 18.3 Å². The molecule has 6 nitrogen and oxygen atoms in total. The highest BCUT2D eigenvalue weighted by atomic mass is 16.6. The summed E-state index contributed by atoms with van der Waals surface area (Å²) >= 11 is 0. The van der Waals surface area contributed by atoms with Crippen LogP contribution < -0.4 is 4.74 Å². The monoisotopic (exact) mass is 311 g/mol. The number of hydrogen-bond acceptors (Lipinski definition) is 6. The number of carbonyl (C=O) groups is 1. The molecule has 0 amide bonds. The molecule has 118 valence electrons. The summed E-state index contributed by atoms with van der Waals surface area (Å²) in [7, 11) is 0. The highest BCUT2D eigenvalue weighted by molar-refractivity contribution is 5.69. The number of carbonyl (C=O) groups excluding carboxylic acids is 1. The number of esters is 1. The zero-order valence-corrected chi connectivity index (χ0v) is 13.1. The minimum atomic E-state index is -0.286. The molecule has 0 atom stereocenters. The van der Waals surface area contributed by atoms with Crippen molar-refractivity contribution in [3.8, 4) is 23.1 Å². The van der Waals surface area contributed by atoms with Crippen molar-refractivity contribution in [2.24, 2.45) is 0 Å². The summed E-state index contributed by atoms with van der Waals surface area (Å²) in [4.78, 5) is 19.4. The molecule has 2 aromatic heterocycles. The minimum Gasteiger partial charge on any atom is -0.473 e. The fraction of sp³-hybridized carbons (Fsp3) is 0.294. The highest BCUT2D eigenvalue weighted by Crippen LogP contribution is 2.27. The molecule has 2 rings (SSSR count). The van der Waals surface area contributed by atoms with E-state index in [0.717, 1.165) is 16.8 Å². The Balaban J connectivity index is 2.14. The van der Waals surface area contributed by atoms with Crippen molar-refractivity contribution in [2.75, 3.05) is 13.2 Å². The lowest BCUT2D eigenvalue weighted by atomic mass is 10.0. The lowest BCUT2D eigenvalue weighted by Crippen LogP contribution is -2.12. The third kappa shape index (κ3) is 4.27. The van der Waals surface area contributed by atoms with Gasteiger partial charge in [-0.25, -0.2) is 4.98 Å². The molecule has 2 aromatic rings. The molecule has 0 N–H and O–H groups in total. The molecule has 0 radical (unpaired) electrons. The number of nitriles is 1. The summed E-state index contributed by atoms with van der Waals surface area (Å²) in [5.74, 6) is -0.0402. The molecule has 0 aliphatic rings. The van der Waals surface area contributed by atoms with Crippen LogP contribution in [-0.2, 0) is 9.53 Å². The van der Waals surface area contributed by atoms with Crippen molar-refractivity contribution in [1.82, 2.24) is 9.97 Å². The van der Waals surface area contributed by atoms with E-state index in [2.05, 4.69) is 16.0 Å². The standard InChI is InChI=1S/C17H17N3O3/c1-3-16(21)22-8-9-23-17-14(11-18)10-15(12(2)20-17)13-4-6-19-7-5-13/h4-7,10H,3,8-9H2,1-2H3. The van der Waals surface area contributed by atoms with E-state index in [0.29, 0.717) is 12.0 Å². The van der Waals surface area contributed by atoms with E-state index in [1.165, 1.54) is 0 Å². The predicted molar refractivity (Wildman–Crippen MR) is 83.7 cm³/mol. The highest BCUT2D eigenvalue weighted by Gasteiger charge is 2.12. The average Bonchev–Trinajstić information content (AvgIpc) is 2.59. The fourth-order valence-electron chi connectivity index (χ4n) is 1.99. The average molecular weight is 311 g/mol. The SMILES string of the molecule is CCC(=O)OCCOc1nc(C)c(-c2ccncc2)cc1C#N. The summed E-state index contributed by atoms with van der Waals surface area (Å²) < 4.78 is 10.4. The van der Waals surface area contributed by atoms with Crippen LogP contribution in [0.1, 0.15) is 24.6 Å². The second kappa shape index (κ2) is 7.90. The van der Waals surface area contributed by atoms with Crippen molar-refractivity contribution in [2.45, 2.75) is 20.3 Å². The number of rotatable bonds is 6. The topological polar surface area (TPSA) is 85.1 Å². The molecule has 6 heteroatoms. The van der Waals surface area contributed by atoms with Crippen molar-refractivity contribution in [3.05, 3.63) is 41.9 Å². The van der Waals surface area contributed by atoms with Crippen LogP contribution in [0.2, 0.25) is 0 Å². The van der Waals surface area contributed by atoms with E-state index < -0.39 is 0 Å². The van der Waals surface area contributed by atoms with Crippen LogP contribution in [0.25, 0.3) is 11.1 Å². The first-order chi connectivity index (χ1) is 11.2. The molecular weight excluding hydrogens is 294 g/mol. The molecule has 2 heterocycles. The molecule has 0 aliphatic heterocycles. The number of ether oxygens (including phenoxy) is 2. The van der Waals surface area contributed by atoms with Crippen molar-refractivity contribution in [1.29, 1.82) is 5.26 Å². The molecular formula is C17H17N3O3. The largest absolute Gasteiger partial charge is 0.473 e. The van der Waals surface area contributed by atoms with Gasteiger partial charge in [-0.3, -0.25) is 9.78 Å². The summed E-state index contributed by atoms with van der Waals surface area (Å²) in [5.41, 5.74) is 2.87. The number of nitrogens with zero attached hydrogens (tertiary/aromatic N) is 3. The number of aromatic nitrogens is 2. The van der Waals surface area contributed by atoms with Gasteiger partial charge in [-0.2, -0.15) is 5.26 Å². The fourth-order valence-corrected chi connectivity index (χ4v) is 1.99. The van der Waals surface area contributed by atoms with Gasteiger partial charge in [0.05, 0.1) is 0 Å². The Labute approximate surface area is 134 Å². The third-order valence-corrected chi connectivity index (χ3v) is 3.16. The molecule has 0 fully saturated rings. The van der Waals surface area contributed by atoms with E-state index >= 15 is 0 Å². The van der Waals surface area contributed by atoms with Crippen LogP contribution in [0.15, 0.2) is 30.6 Å². The zero-order valence-electron chi connectivity index (χ0n) is 13.1. The van der Waals surface area contributed by atoms with Gasteiger partial charge >= 0.3 is 5.97 Å². The van der Waals surface area contributed by atoms with Crippen molar-refractivity contribution in [3.63, 3.8) is 0 Å². The molecule has 0 unspecified atom stereocenters. The van der Waals surface area contributed by atoms with Crippen LogP contribution in [0.5, 0.6) is 5.88 Å². The number of hydrogen-bond donors (Lipinski definition) is 0. The predicted octanol–water partition coefficient (Wildman–Crippen LogP) is 2.66. The van der Waals surface area contributed by atoms with Crippen LogP contribution in [-0.4, -0.2) is 29.2 Å². The zero-order chi connectivity index (χ0) is 16.7. The van der Waals surface area contributed by atoms with Gasteiger partial charge in [0.15, 0.2) is 0 Å². The quantitative estimate of drug-likeness (QED) is 0.602. The summed E-state index contributed by atoms with van der Waals surface area (Å²) in [6.07, 6.45) is 3.70. The van der Waals surface area contributed by atoms with Gasteiger partial charge in [0, 0.05) is 30.1 Å². The van der Waals surface area contributed by atoms with Crippen molar-refractivity contribution < 1.29 is 14.3 Å². The van der Waals surface area contributed by atoms with Gasteiger partial charge < -0.3 is 9.47 Å². The first-order valence-corrected chi connectivity index (χ1v) is 7.26. The Hall–Kier alpha value is -2.94. The van der Waals surface area contributed by atoms with E-state index in [1.807, 2.05) is 19.1 Å². The van der Waals surface area contributed by atoms with Gasteiger partial charge in [0.2, 0.25) is 5.88 Å². The van der Waals surface area contributed by atoms with E-state index in [-0.39, 0.29) is 25.1 Å². The minimum absolute atomic E-state index is 0.129. The van der Waals surface area contributed by atoms with Gasteiger partial charge in [-0.1, -0.05) is 6.92 Å². The van der Waals surface area contributed by atoms with E-state index in [4.69, 9.17) is 9.47 Å². The molecule has 0 aliphatic carbocycles. The summed E-state index contributed by atoms with van der Waals surface area (Å²) in [5, 5.41) is 9.30. The molecule has 0 aromatic carbocycles. The summed E-state index contributed by atoms with van der Waals surface area (Å²) in [6, 6.07) is 7.54. The first kappa shape index (κ1) is 16.4. The second-order valence-corrected chi connectivity index (χ2v) is 4.74. The maximum absolute atomic E-state index is 11.1. The molecule has 23 heavy (non-hydrogen) atoms. The second-order valence-electron chi connectivity index (χ2n) is 4.74. The normalized spacial score (nSPS) is 9.96. The Kier molecular flexibility index (Phi) is 5.64. The number of aryl methyl sites for hydroxylation is 1. The van der Waals surface area contributed by atoms with Gasteiger partial charge in [-0.15, -0.1) is 0 Å². The van der Waals surface area contributed by atoms with E-state index in [9.17, 15) is 10.1 Å². The lowest BCUT2D eigenvalue weighted by Gasteiger charge is -2.11. The van der Waals surface area contributed by atoms with Crippen LogP contribution in [0.3, 0.4) is 0 Å². The first-order valence-electron chi connectivity index (χ1n) is 7.26. The number of pyridine rings is 2. The Morgan fingerprint density at radius 2 is 2.04 bits per heavy atom. The Morgan fingerprint density at radius 3 is 2.70 bits per heavy atom. The smallest absolute Gasteiger partial charge is 0.305 e. The molecule has 0 saturated carbocycles.